The summed E-state index contributed by atoms with van der Waals surface area (Å²) in [5.41, 5.74) is 3.04. The van der Waals surface area contributed by atoms with E-state index in [1.807, 2.05) is 49.4 Å². The zero-order valence-electron chi connectivity index (χ0n) is 16.2. The first-order chi connectivity index (χ1) is 14.5. The van der Waals surface area contributed by atoms with E-state index in [9.17, 15) is 10.1 Å². The Morgan fingerprint density at radius 3 is 2.60 bits per heavy atom. The zero-order chi connectivity index (χ0) is 21.5. The zero-order valence-corrected chi connectivity index (χ0v) is 18.5. The van der Waals surface area contributed by atoms with E-state index in [2.05, 4.69) is 21.2 Å². The molecule has 150 valence electrons. The average Bonchev–Trinajstić information content (AvgIpc) is 2.74. The first kappa shape index (κ1) is 21.6. The SMILES string of the molecule is Cc1cc(Cl)ccc1NC(=O)/C(C#N)=C/c1ccccc1OCc1ccc(Br)cc1. The highest BCUT2D eigenvalue weighted by molar-refractivity contribution is 9.10. The highest BCUT2D eigenvalue weighted by Gasteiger charge is 2.12. The molecule has 3 aromatic carbocycles. The average molecular weight is 482 g/mol. The Morgan fingerprint density at radius 1 is 1.17 bits per heavy atom. The van der Waals surface area contributed by atoms with E-state index in [1.165, 1.54) is 6.08 Å². The molecule has 3 aromatic rings. The van der Waals surface area contributed by atoms with E-state index in [-0.39, 0.29) is 5.57 Å². The lowest BCUT2D eigenvalue weighted by Gasteiger charge is -2.11. The van der Waals surface area contributed by atoms with Crippen molar-refractivity contribution < 1.29 is 9.53 Å². The van der Waals surface area contributed by atoms with E-state index in [4.69, 9.17) is 16.3 Å². The van der Waals surface area contributed by atoms with E-state index in [0.717, 1.165) is 15.6 Å². The number of nitrogens with one attached hydrogen (secondary N) is 1. The summed E-state index contributed by atoms with van der Waals surface area (Å²) in [7, 11) is 0. The van der Waals surface area contributed by atoms with Crippen LogP contribution >= 0.6 is 27.5 Å². The Labute approximate surface area is 188 Å². The van der Waals surface area contributed by atoms with Gasteiger partial charge in [0.2, 0.25) is 0 Å². The molecule has 0 saturated heterocycles. The van der Waals surface area contributed by atoms with Gasteiger partial charge in [0.1, 0.15) is 24.0 Å². The van der Waals surface area contributed by atoms with Crippen molar-refractivity contribution in [2.75, 3.05) is 5.32 Å². The Morgan fingerprint density at radius 2 is 1.90 bits per heavy atom. The van der Waals surface area contributed by atoms with Crippen molar-refractivity contribution in [3.05, 3.63) is 98.5 Å². The van der Waals surface area contributed by atoms with Crippen LogP contribution in [0.5, 0.6) is 5.75 Å². The predicted octanol–water partition coefficient (Wildman–Crippen LogP) is 6.54. The molecule has 0 radical (unpaired) electrons. The smallest absolute Gasteiger partial charge is 0.266 e. The molecule has 0 bridgehead atoms. The van der Waals surface area contributed by atoms with E-state index in [0.29, 0.717) is 28.6 Å². The number of para-hydroxylation sites is 1. The van der Waals surface area contributed by atoms with Gasteiger partial charge in [-0.25, -0.2) is 0 Å². The van der Waals surface area contributed by atoms with Gasteiger partial charge in [0.25, 0.3) is 5.91 Å². The molecule has 0 aromatic heterocycles. The van der Waals surface area contributed by atoms with Crippen molar-refractivity contribution >= 4 is 45.2 Å². The maximum Gasteiger partial charge on any atom is 0.266 e. The molecule has 4 nitrogen and oxygen atoms in total. The van der Waals surface area contributed by atoms with Crippen molar-refractivity contribution in [2.45, 2.75) is 13.5 Å². The molecule has 0 unspecified atom stereocenters. The summed E-state index contributed by atoms with van der Waals surface area (Å²) in [6, 6.07) is 22.2. The molecule has 1 N–H and O–H groups in total. The predicted molar refractivity (Wildman–Crippen MR) is 123 cm³/mol. The molecule has 0 saturated carbocycles. The molecule has 3 rings (SSSR count). The van der Waals surface area contributed by atoms with Crippen LogP contribution in [0.4, 0.5) is 5.69 Å². The van der Waals surface area contributed by atoms with Crippen molar-refractivity contribution in [3.8, 4) is 11.8 Å². The number of aryl methyl sites for hydroxylation is 1. The molecule has 0 aliphatic heterocycles. The van der Waals surface area contributed by atoms with Crippen LogP contribution < -0.4 is 10.1 Å². The third kappa shape index (κ3) is 5.73. The van der Waals surface area contributed by atoms with E-state index in [1.54, 1.807) is 30.3 Å². The number of hydrogen-bond donors (Lipinski definition) is 1. The second-order valence-corrected chi connectivity index (χ2v) is 7.89. The van der Waals surface area contributed by atoms with Crippen molar-refractivity contribution in [2.24, 2.45) is 0 Å². The van der Waals surface area contributed by atoms with Gasteiger partial charge in [-0.15, -0.1) is 0 Å². The lowest BCUT2D eigenvalue weighted by Crippen LogP contribution is -2.14. The number of ether oxygens (including phenoxy) is 1. The molecule has 30 heavy (non-hydrogen) atoms. The molecular weight excluding hydrogens is 464 g/mol. The van der Waals surface area contributed by atoms with Gasteiger partial charge in [0.05, 0.1) is 0 Å². The summed E-state index contributed by atoms with van der Waals surface area (Å²) in [4.78, 5) is 12.6. The van der Waals surface area contributed by atoms with Crippen LogP contribution in [0, 0.1) is 18.3 Å². The van der Waals surface area contributed by atoms with Crippen LogP contribution in [0.3, 0.4) is 0 Å². The van der Waals surface area contributed by atoms with Crippen molar-refractivity contribution in [1.29, 1.82) is 5.26 Å². The summed E-state index contributed by atoms with van der Waals surface area (Å²) >= 11 is 9.37. The van der Waals surface area contributed by atoms with Crippen LogP contribution in [0.25, 0.3) is 6.08 Å². The van der Waals surface area contributed by atoms with Crippen LogP contribution in [-0.4, -0.2) is 5.91 Å². The molecule has 0 spiro atoms. The van der Waals surface area contributed by atoms with Gasteiger partial charge < -0.3 is 10.1 Å². The van der Waals surface area contributed by atoms with Gasteiger partial charge >= 0.3 is 0 Å². The fraction of sp³-hybridized carbons (Fsp3) is 0.0833. The fourth-order valence-corrected chi connectivity index (χ4v) is 3.23. The van der Waals surface area contributed by atoms with Gasteiger partial charge in [-0.1, -0.05) is 57.9 Å². The number of anilines is 1. The van der Waals surface area contributed by atoms with E-state index >= 15 is 0 Å². The molecule has 0 heterocycles. The maximum absolute atomic E-state index is 12.6. The second kappa shape index (κ2) is 10.1. The third-order valence-corrected chi connectivity index (χ3v) is 5.09. The molecule has 0 aliphatic carbocycles. The minimum absolute atomic E-state index is 0.0240. The first-order valence-electron chi connectivity index (χ1n) is 9.12. The number of halogens is 2. The highest BCUT2D eigenvalue weighted by atomic mass is 79.9. The lowest BCUT2D eigenvalue weighted by molar-refractivity contribution is -0.112. The van der Waals surface area contributed by atoms with Crippen LogP contribution in [0.1, 0.15) is 16.7 Å². The summed E-state index contributed by atoms with van der Waals surface area (Å²) in [5.74, 6) is 0.0919. The Hall–Kier alpha value is -3.07. The standard InChI is InChI=1S/C24H18BrClN2O2/c1-16-12-21(26)10-11-22(16)28-24(29)19(14-27)13-18-4-2-3-5-23(18)30-15-17-6-8-20(25)9-7-17/h2-13H,15H2,1H3,(H,28,29)/b19-13+. The summed E-state index contributed by atoms with van der Waals surface area (Å²) in [5, 5.41) is 12.9. The van der Waals surface area contributed by atoms with Gasteiger partial charge in [-0.3, -0.25) is 4.79 Å². The largest absolute Gasteiger partial charge is 0.488 e. The molecule has 0 fully saturated rings. The molecule has 0 atom stereocenters. The molecule has 6 heteroatoms. The minimum Gasteiger partial charge on any atom is -0.488 e. The van der Waals surface area contributed by atoms with Gasteiger partial charge in [-0.2, -0.15) is 5.26 Å². The summed E-state index contributed by atoms with van der Waals surface area (Å²) in [6.07, 6.45) is 1.53. The van der Waals surface area contributed by atoms with Crippen LogP contribution in [-0.2, 0) is 11.4 Å². The monoisotopic (exact) mass is 480 g/mol. The normalized spacial score (nSPS) is 10.9. The van der Waals surface area contributed by atoms with Gasteiger partial charge in [0.15, 0.2) is 0 Å². The van der Waals surface area contributed by atoms with Crippen LogP contribution in [0.2, 0.25) is 5.02 Å². The summed E-state index contributed by atoms with van der Waals surface area (Å²) < 4.78 is 6.92. The Balaban J connectivity index is 1.79. The number of rotatable bonds is 6. The number of nitrogens with zero attached hydrogens (tertiary/aromatic N) is 1. The van der Waals surface area contributed by atoms with Crippen LogP contribution in [0.15, 0.2) is 76.8 Å². The Kier molecular flexibility index (Phi) is 7.29. The first-order valence-corrected chi connectivity index (χ1v) is 10.3. The number of carbonyl (C=O) groups excluding carboxylic acids is 1. The lowest BCUT2D eigenvalue weighted by atomic mass is 10.1. The topological polar surface area (TPSA) is 62.1 Å². The number of carbonyl (C=O) groups is 1. The van der Waals surface area contributed by atoms with Gasteiger partial charge in [-0.05, 0) is 60.5 Å². The van der Waals surface area contributed by atoms with Crippen molar-refractivity contribution in [1.82, 2.24) is 0 Å². The minimum atomic E-state index is -0.495. The summed E-state index contributed by atoms with van der Waals surface area (Å²) in [6.45, 7) is 2.21. The highest BCUT2D eigenvalue weighted by Crippen LogP contribution is 2.24. The number of benzene rings is 3. The van der Waals surface area contributed by atoms with Crippen molar-refractivity contribution in [3.63, 3.8) is 0 Å². The quantitative estimate of drug-likeness (QED) is 0.321. The molecular formula is C24H18BrClN2O2. The third-order valence-electron chi connectivity index (χ3n) is 4.33. The molecule has 0 aliphatic rings. The number of amides is 1. The number of nitriles is 1. The number of hydrogen-bond acceptors (Lipinski definition) is 3. The maximum atomic E-state index is 12.6. The molecule has 1 amide bonds. The van der Waals surface area contributed by atoms with Gasteiger partial charge in [0, 0.05) is 20.7 Å². The Bertz CT molecular complexity index is 1130. The second-order valence-electron chi connectivity index (χ2n) is 6.54. The van der Waals surface area contributed by atoms with E-state index < -0.39 is 5.91 Å². The fourth-order valence-electron chi connectivity index (χ4n) is 2.73.